The average Bonchev–Trinajstić information content (AvgIpc) is 2.42. The van der Waals surface area contributed by atoms with Gasteiger partial charge in [-0.3, -0.25) is 0 Å². The standard InChI is InChI=1S/C13H15ClO6S/c1-8(2)7-20-13(15)10-5-9(21(14,16)17)6-11-12(10)19-4-3-18-11/h5-6,8H,3-4,7H2,1-2H3. The molecule has 116 valence electrons. The molecule has 0 N–H and O–H groups in total. The highest BCUT2D eigenvalue weighted by molar-refractivity contribution is 8.13. The van der Waals surface area contributed by atoms with E-state index in [0.29, 0.717) is 0 Å². The van der Waals surface area contributed by atoms with E-state index < -0.39 is 15.0 Å². The zero-order chi connectivity index (χ0) is 15.6. The second-order valence-electron chi connectivity index (χ2n) is 4.93. The van der Waals surface area contributed by atoms with Gasteiger partial charge in [0.15, 0.2) is 11.5 Å². The normalized spacial score (nSPS) is 14.1. The number of hydrogen-bond acceptors (Lipinski definition) is 6. The van der Waals surface area contributed by atoms with Crippen LogP contribution in [-0.2, 0) is 13.8 Å². The van der Waals surface area contributed by atoms with Gasteiger partial charge in [0, 0.05) is 16.7 Å². The van der Waals surface area contributed by atoms with Gasteiger partial charge in [0.05, 0.1) is 11.5 Å². The number of halogens is 1. The number of ether oxygens (including phenoxy) is 3. The third-order valence-corrected chi connectivity index (χ3v) is 4.00. The van der Waals surface area contributed by atoms with Gasteiger partial charge in [0.25, 0.3) is 9.05 Å². The summed E-state index contributed by atoms with van der Waals surface area (Å²) in [5.74, 6) is -0.173. The molecule has 1 heterocycles. The molecule has 0 bridgehead atoms. The second kappa shape index (κ2) is 6.11. The summed E-state index contributed by atoms with van der Waals surface area (Å²) in [7, 11) is 1.33. The van der Waals surface area contributed by atoms with Crippen LogP contribution in [0.5, 0.6) is 11.5 Å². The highest BCUT2D eigenvalue weighted by Crippen LogP contribution is 2.37. The molecule has 0 fully saturated rings. The van der Waals surface area contributed by atoms with Crippen LogP contribution >= 0.6 is 10.7 Å². The number of carbonyl (C=O) groups is 1. The Hall–Kier alpha value is -1.47. The van der Waals surface area contributed by atoms with Crippen molar-refractivity contribution in [3.05, 3.63) is 17.7 Å². The molecule has 0 saturated carbocycles. The zero-order valence-electron chi connectivity index (χ0n) is 11.6. The first-order chi connectivity index (χ1) is 9.79. The molecule has 1 aliphatic heterocycles. The van der Waals surface area contributed by atoms with E-state index in [2.05, 4.69) is 0 Å². The van der Waals surface area contributed by atoms with Crippen LogP contribution in [0.3, 0.4) is 0 Å². The minimum Gasteiger partial charge on any atom is -0.486 e. The number of fused-ring (bicyclic) bond motifs is 1. The number of benzene rings is 1. The topological polar surface area (TPSA) is 78.9 Å². The smallest absolute Gasteiger partial charge is 0.342 e. The summed E-state index contributed by atoms with van der Waals surface area (Å²) < 4.78 is 38.8. The molecule has 21 heavy (non-hydrogen) atoms. The van der Waals surface area contributed by atoms with Crippen molar-refractivity contribution in [2.24, 2.45) is 5.92 Å². The van der Waals surface area contributed by atoms with Crippen LogP contribution in [-0.4, -0.2) is 34.2 Å². The fourth-order valence-electron chi connectivity index (χ4n) is 1.74. The minimum absolute atomic E-state index is 0.00734. The van der Waals surface area contributed by atoms with E-state index in [4.69, 9.17) is 24.9 Å². The van der Waals surface area contributed by atoms with E-state index in [1.165, 1.54) is 6.07 Å². The predicted octanol–water partition coefficient (Wildman–Crippen LogP) is 2.20. The van der Waals surface area contributed by atoms with Gasteiger partial charge in [0.1, 0.15) is 18.8 Å². The molecule has 0 amide bonds. The van der Waals surface area contributed by atoms with E-state index in [9.17, 15) is 13.2 Å². The molecule has 0 unspecified atom stereocenters. The number of hydrogen-bond donors (Lipinski definition) is 0. The van der Waals surface area contributed by atoms with Gasteiger partial charge in [-0.05, 0) is 12.0 Å². The first-order valence-electron chi connectivity index (χ1n) is 6.34. The van der Waals surface area contributed by atoms with E-state index >= 15 is 0 Å². The zero-order valence-corrected chi connectivity index (χ0v) is 13.2. The van der Waals surface area contributed by atoms with Gasteiger partial charge in [-0.2, -0.15) is 0 Å². The summed E-state index contributed by atoms with van der Waals surface area (Å²) in [4.78, 5) is 11.9. The summed E-state index contributed by atoms with van der Waals surface area (Å²) in [6.45, 7) is 4.53. The predicted molar refractivity (Wildman–Crippen MR) is 75.6 cm³/mol. The molecule has 0 saturated heterocycles. The molecule has 1 aliphatic rings. The highest BCUT2D eigenvalue weighted by Gasteiger charge is 2.26. The van der Waals surface area contributed by atoms with Crippen molar-refractivity contribution in [3.8, 4) is 11.5 Å². The Morgan fingerprint density at radius 3 is 2.62 bits per heavy atom. The van der Waals surface area contributed by atoms with Crippen molar-refractivity contribution in [1.82, 2.24) is 0 Å². The Morgan fingerprint density at radius 1 is 1.33 bits per heavy atom. The molecule has 0 spiro atoms. The van der Waals surface area contributed by atoms with Gasteiger partial charge >= 0.3 is 5.97 Å². The van der Waals surface area contributed by atoms with Gasteiger partial charge < -0.3 is 14.2 Å². The monoisotopic (exact) mass is 334 g/mol. The molecule has 0 aliphatic carbocycles. The van der Waals surface area contributed by atoms with Crippen LogP contribution in [0.4, 0.5) is 0 Å². The molecule has 2 rings (SSSR count). The molecule has 0 atom stereocenters. The van der Waals surface area contributed by atoms with E-state index in [0.717, 1.165) is 6.07 Å². The van der Waals surface area contributed by atoms with Crippen molar-refractivity contribution < 1.29 is 27.4 Å². The quantitative estimate of drug-likeness (QED) is 0.620. The number of rotatable bonds is 4. The maximum atomic E-state index is 12.1. The molecule has 8 heteroatoms. The second-order valence-corrected chi connectivity index (χ2v) is 7.49. The Balaban J connectivity index is 2.45. The molecule has 6 nitrogen and oxygen atoms in total. The maximum Gasteiger partial charge on any atom is 0.342 e. The molecule has 1 aromatic rings. The lowest BCUT2D eigenvalue weighted by Gasteiger charge is -2.21. The highest BCUT2D eigenvalue weighted by atomic mass is 35.7. The van der Waals surface area contributed by atoms with Crippen LogP contribution in [0, 0.1) is 5.92 Å². The van der Waals surface area contributed by atoms with E-state index in [1.807, 2.05) is 13.8 Å². The molecule has 0 radical (unpaired) electrons. The van der Waals surface area contributed by atoms with Crippen molar-refractivity contribution in [3.63, 3.8) is 0 Å². The average molecular weight is 335 g/mol. The maximum absolute atomic E-state index is 12.1. The summed E-state index contributed by atoms with van der Waals surface area (Å²) in [6.07, 6.45) is 0. The first kappa shape index (κ1) is 15.9. The van der Waals surface area contributed by atoms with Crippen molar-refractivity contribution in [2.75, 3.05) is 19.8 Å². The fourth-order valence-corrected chi connectivity index (χ4v) is 2.51. The fraction of sp³-hybridized carbons (Fsp3) is 0.462. The lowest BCUT2D eigenvalue weighted by Crippen LogP contribution is -2.20. The molecule has 1 aromatic carbocycles. The molecular weight excluding hydrogens is 320 g/mol. The van der Waals surface area contributed by atoms with Crippen LogP contribution in [0.15, 0.2) is 17.0 Å². The van der Waals surface area contributed by atoms with E-state index in [1.54, 1.807) is 0 Å². The Labute approximate surface area is 127 Å². The Kier molecular flexibility index (Phi) is 4.63. The Bertz CT molecular complexity index is 653. The lowest BCUT2D eigenvalue weighted by molar-refractivity contribution is 0.0449. The van der Waals surface area contributed by atoms with Crippen molar-refractivity contribution in [2.45, 2.75) is 18.7 Å². The summed E-state index contributed by atoms with van der Waals surface area (Å²) in [5, 5.41) is 0. The van der Waals surface area contributed by atoms with Gasteiger partial charge in [-0.25, -0.2) is 13.2 Å². The van der Waals surface area contributed by atoms with Crippen LogP contribution in [0.1, 0.15) is 24.2 Å². The third kappa shape index (κ3) is 3.79. The molecular formula is C13H15ClO6S. The van der Waals surface area contributed by atoms with Crippen LogP contribution in [0.25, 0.3) is 0 Å². The summed E-state index contributed by atoms with van der Waals surface area (Å²) in [6, 6.07) is 2.37. The summed E-state index contributed by atoms with van der Waals surface area (Å²) in [5.41, 5.74) is -0.00734. The van der Waals surface area contributed by atoms with Gasteiger partial charge in [-0.15, -0.1) is 0 Å². The number of esters is 1. The summed E-state index contributed by atoms with van der Waals surface area (Å²) >= 11 is 0. The van der Waals surface area contributed by atoms with Gasteiger partial charge in [-0.1, -0.05) is 13.8 Å². The van der Waals surface area contributed by atoms with Crippen molar-refractivity contribution >= 4 is 25.7 Å². The largest absolute Gasteiger partial charge is 0.486 e. The number of carbonyl (C=O) groups excluding carboxylic acids is 1. The minimum atomic E-state index is -3.99. The third-order valence-electron chi connectivity index (χ3n) is 2.66. The lowest BCUT2D eigenvalue weighted by atomic mass is 10.1. The van der Waals surface area contributed by atoms with E-state index in [-0.39, 0.29) is 47.7 Å². The van der Waals surface area contributed by atoms with Crippen molar-refractivity contribution in [1.29, 1.82) is 0 Å². The van der Waals surface area contributed by atoms with Crippen LogP contribution in [0.2, 0.25) is 0 Å². The van der Waals surface area contributed by atoms with Crippen LogP contribution < -0.4 is 9.47 Å². The van der Waals surface area contributed by atoms with Gasteiger partial charge in [0.2, 0.25) is 0 Å². The first-order valence-corrected chi connectivity index (χ1v) is 8.65. The molecule has 0 aromatic heterocycles. The SMILES string of the molecule is CC(C)COC(=O)c1cc(S(=O)(=O)Cl)cc2c1OCCO2. The Morgan fingerprint density at radius 2 is 2.00 bits per heavy atom.